The molecule has 1 aromatic rings. The van der Waals surface area contributed by atoms with Crippen LogP contribution in [0.25, 0.3) is 0 Å². The van der Waals surface area contributed by atoms with Gasteiger partial charge in [0.1, 0.15) is 11.6 Å². The molecule has 0 radical (unpaired) electrons. The fourth-order valence-corrected chi connectivity index (χ4v) is 1.41. The molecule has 0 spiro atoms. The molecule has 0 saturated heterocycles. The SMILES string of the molecule is COc1ccc(F)cc1CNCCN(C)C. The van der Waals surface area contributed by atoms with Crippen LogP contribution in [0.15, 0.2) is 18.2 Å². The summed E-state index contributed by atoms with van der Waals surface area (Å²) in [6, 6.07) is 4.56. The van der Waals surface area contributed by atoms with Crippen molar-refractivity contribution in [2.24, 2.45) is 0 Å². The minimum Gasteiger partial charge on any atom is -0.496 e. The molecule has 16 heavy (non-hydrogen) atoms. The minimum absolute atomic E-state index is 0.231. The summed E-state index contributed by atoms with van der Waals surface area (Å²) in [6.07, 6.45) is 0. The van der Waals surface area contributed by atoms with E-state index in [1.54, 1.807) is 13.2 Å². The molecule has 4 heteroatoms. The van der Waals surface area contributed by atoms with Crippen molar-refractivity contribution < 1.29 is 9.13 Å². The van der Waals surface area contributed by atoms with Gasteiger partial charge in [-0.25, -0.2) is 4.39 Å². The average molecular weight is 226 g/mol. The molecule has 0 heterocycles. The number of benzene rings is 1. The lowest BCUT2D eigenvalue weighted by atomic mass is 10.2. The summed E-state index contributed by atoms with van der Waals surface area (Å²) >= 11 is 0. The molecular weight excluding hydrogens is 207 g/mol. The van der Waals surface area contributed by atoms with E-state index in [4.69, 9.17) is 4.74 Å². The summed E-state index contributed by atoms with van der Waals surface area (Å²) in [5.41, 5.74) is 0.848. The van der Waals surface area contributed by atoms with Gasteiger partial charge in [-0.05, 0) is 32.3 Å². The first-order valence-corrected chi connectivity index (χ1v) is 5.31. The average Bonchev–Trinajstić information content (AvgIpc) is 2.24. The highest BCUT2D eigenvalue weighted by molar-refractivity contribution is 5.33. The van der Waals surface area contributed by atoms with E-state index in [-0.39, 0.29) is 5.82 Å². The quantitative estimate of drug-likeness (QED) is 0.744. The van der Waals surface area contributed by atoms with E-state index in [1.807, 2.05) is 14.1 Å². The molecule has 1 rings (SSSR count). The van der Waals surface area contributed by atoms with Crippen LogP contribution in [0.3, 0.4) is 0 Å². The van der Waals surface area contributed by atoms with Crippen molar-refractivity contribution >= 4 is 0 Å². The zero-order valence-electron chi connectivity index (χ0n) is 10.1. The van der Waals surface area contributed by atoms with Crippen LogP contribution in [-0.4, -0.2) is 39.2 Å². The van der Waals surface area contributed by atoms with E-state index in [2.05, 4.69) is 10.2 Å². The molecule has 0 aromatic heterocycles. The Kier molecular flexibility index (Phi) is 5.22. The smallest absolute Gasteiger partial charge is 0.123 e. The van der Waals surface area contributed by atoms with Gasteiger partial charge in [-0.1, -0.05) is 0 Å². The van der Waals surface area contributed by atoms with Crippen molar-refractivity contribution in [3.63, 3.8) is 0 Å². The molecule has 0 saturated carbocycles. The predicted octanol–water partition coefficient (Wildman–Crippen LogP) is 1.49. The Morgan fingerprint density at radius 1 is 1.38 bits per heavy atom. The van der Waals surface area contributed by atoms with Crippen molar-refractivity contribution in [2.45, 2.75) is 6.54 Å². The third-order valence-electron chi connectivity index (χ3n) is 2.29. The van der Waals surface area contributed by atoms with Gasteiger partial charge in [0.15, 0.2) is 0 Å². The number of methoxy groups -OCH3 is 1. The molecule has 90 valence electrons. The summed E-state index contributed by atoms with van der Waals surface area (Å²) in [6.45, 7) is 2.44. The Hall–Kier alpha value is -1.13. The van der Waals surface area contributed by atoms with Gasteiger partial charge < -0.3 is 15.0 Å². The number of hydrogen-bond acceptors (Lipinski definition) is 3. The monoisotopic (exact) mass is 226 g/mol. The van der Waals surface area contributed by atoms with E-state index in [9.17, 15) is 4.39 Å². The zero-order valence-corrected chi connectivity index (χ0v) is 10.1. The Balaban J connectivity index is 2.48. The van der Waals surface area contributed by atoms with Crippen LogP contribution in [0, 0.1) is 5.82 Å². The number of likely N-dealkylation sites (N-methyl/N-ethyl adjacent to an activating group) is 1. The van der Waals surface area contributed by atoms with E-state index in [0.717, 1.165) is 24.4 Å². The molecule has 3 nitrogen and oxygen atoms in total. The summed E-state index contributed by atoms with van der Waals surface area (Å²) in [7, 11) is 5.63. The maximum absolute atomic E-state index is 13.0. The van der Waals surface area contributed by atoms with Gasteiger partial charge in [0.25, 0.3) is 0 Å². The Morgan fingerprint density at radius 3 is 2.75 bits per heavy atom. The molecule has 0 aliphatic rings. The van der Waals surface area contributed by atoms with Crippen LogP contribution < -0.4 is 10.1 Å². The third-order valence-corrected chi connectivity index (χ3v) is 2.29. The van der Waals surface area contributed by atoms with Gasteiger partial charge >= 0.3 is 0 Å². The van der Waals surface area contributed by atoms with Gasteiger partial charge in [0.05, 0.1) is 7.11 Å². The maximum atomic E-state index is 13.0. The van der Waals surface area contributed by atoms with E-state index in [1.165, 1.54) is 12.1 Å². The van der Waals surface area contributed by atoms with Gasteiger partial charge in [-0.15, -0.1) is 0 Å². The second-order valence-electron chi connectivity index (χ2n) is 3.94. The van der Waals surface area contributed by atoms with Crippen LogP contribution in [-0.2, 0) is 6.54 Å². The number of nitrogens with zero attached hydrogens (tertiary/aromatic N) is 1. The van der Waals surface area contributed by atoms with Gasteiger partial charge in [-0.3, -0.25) is 0 Å². The lowest BCUT2D eigenvalue weighted by Crippen LogP contribution is -2.26. The predicted molar refractivity (Wildman–Crippen MR) is 63.2 cm³/mol. The Bertz CT molecular complexity index is 329. The zero-order chi connectivity index (χ0) is 12.0. The number of rotatable bonds is 6. The van der Waals surface area contributed by atoms with E-state index >= 15 is 0 Å². The standard InChI is InChI=1S/C12H19FN2O/c1-15(2)7-6-14-9-10-8-11(13)4-5-12(10)16-3/h4-5,8,14H,6-7,9H2,1-3H3. The van der Waals surface area contributed by atoms with Gasteiger partial charge in [0, 0.05) is 25.2 Å². The highest BCUT2D eigenvalue weighted by Crippen LogP contribution is 2.18. The first kappa shape index (κ1) is 12.9. The summed E-state index contributed by atoms with van der Waals surface area (Å²) in [5.74, 6) is 0.490. The molecule has 0 aliphatic heterocycles. The first-order valence-electron chi connectivity index (χ1n) is 5.31. The third kappa shape index (κ3) is 4.16. The molecule has 0 amide bonds. The highest BCUT2D eigenvalue weighted by Gasteiger charge is 2.03. The summed E-state index contributed by atoms with van der Waals surface area (Å²) < 4.78 is 18.2. The maximum Gasteiger partial charge on any atom is 0.123 e. The van der Waals surface area contributed by atoms with Crippen LogP contribution in [0.4, 0.5) is 4.39 Å². The molecule has 0 atom stereocenters. The van der Waals surface area contributed by atoms with Crippen LogP contribution in [0.5, 0.6) is 5.75 Å². The minimum atomic E-state index is -0.231. The fourth-order valence-electron chi connectivity index (χ4n) is 1.41. The van der Waals surface area contributed by atoms with Gasteiger partial charge in [0.2, 0.25) is 0 Å². The van der Waals surface area contributed by atoms with Crippen molar-refractivity contribution in [3.05, 3.63) is 29.6 Å². The first-order chi connectivity index (χ1) is 7.63. The van der Waals surface area contributed by atoms with Crippen LogP contribution in [0.2, 0.25) is 0 Å². The van der Waals surface area contributed by atoms with Gasteiger partial charge in [-0.2, -0.15) is 0 Å². The van der Waals surface area contributed by atoms with Crippen molar-refractivity contribution in [1.29, 1.82) is 0 Å². The number of hydrogen-bond donors (Lipinski definition) is 1. The lowest BCUT2D eigenvalue weighted by molar-refractivity contribution is 0.392. The largest absolute Gasteiger partial charge is 0.496 e. The molecule has 0 aliphatic carbocycles. The van der Waals surface area contributed by atoms with Crippen molar-refractivity contribution in [2.75, 3.05) is 34.3 Å². The summed E-state index contributed by atoms with van der Waals surface area (Å²) in [4.78, 5) is 2.09. The Labute approximate surface area is 96.2 Å². The van der Waals surface area contributed by atoms with Crippen molar-refractivity contribution in [3.8, 4) is 5.75 Å². The molecule has 0 bridgehead atoms. The number of halogens is 1. The molecule has 0 unspecified atom stereocenters. The molecule has 1 N–H and O–H groups in total. The van der Waals surface area contributed by atoms with Crippen molar-refractivity contribution in [1.82, 2.24) is 10.2 Å². The normalized spacial score (nSPS) is 10.8. The number of nitrogens with one attached hydrogen (secondary N) is 1. The van der Waals surface area contributed by atoms with E-state index in [0.29, 0.717) is 6.54 Å². The topological polar surface area (TPSA) is 24.5 Å². The molecular formula is C12H19FN2O. The second kappa shape index (κ2) is 6.45. The fraction of sp³-hybridized carbons (Fsp3) is 0.500. The Morgan fingerprint density at radius 2 is 2.12 bits per heavy atom. The van der Waals surface area contributed by atoms with Crippen LogP contribution in [0.1, 0.15) is 5.56 Å². The lowest BCUT2D eigenvalue weighted by Gasteiger charge is -2.12. The van der Waals surface area contributed by atoms with Crippen LogP contribution >= 0.6 is 0 Å². The highest BCUT2D eigenvalue weighted by atomic mass is 19.1. The summed E-state index contributed by atoms with van der Waals surface area (Å²) in [5, 5.41) is 3.25. The number of ether oxygens (including phenoxy) is 1. The molecule has 1 aromatic carbocycles. The molecule has 0 fully saturated rings. The second-order valence-corrected chi connectivity index (χ2v) is 3.94. The van der Waals surface area contributed by atoms with E-state index < -0.39 is 0 Å².